The molecule has 0 radical (unpaired) electrons. The molecule has 100 valence electrons. The van der Waals surface area contributed by atoms with Crippen molar-refractivity contribution in [3.63, 3.8) is 0 Å². The Bertz CT molecular complexity index is 391. The lowest BCUT2D eigenvalue weighted by Gasteiger charge is -2.33. The molecule has 0 N–H and O–H groups in total. The molecule has 1 nitrogen and oxygen atoms in total. The maximum atomic E-state index is 13.9. The standard InChI is InChI=1S/C14H18ClF2N/c1-2-10-3-5-18(6-4-10)14-12(16)7-11(9-15)8-13(14)17/h7-8,10H,2-6,9H2,1H3. The molecule has 0 aliphatic carbocycles. The molecule has 0 bridgehead atoms. The number of benzene rings is 1. The molecular formula is C14H18ClF2N. The Labute approximate surface area is 112 Å². The van der Waals surface area contributed by atoms with Crippen LogP contribution >= 0.6 is 11.6 Å². The van der Waals surface area contributed by atoms with Crippen LogP contribution in [0.25, 0.3) is 0 Å². The summed E-state index contributed by atoms with van der Waals surface area (Å²) in [6.45, 7) is 3.62. The number of alkyl halides is 1. The quantitative estimate of drug-likeness (QED) is 0.741. The van der Waals surface area contributed by atoms with Gasteiger partial charge >= 0.3 is 0 Å². The maximum Gasteiger partial charge on any atom is 0.149 e. The van der Waals surface area contributed by atoms with Crippen molar-refractivity contribution >= 4 is 17.3 Å². The summed E-state index contributed by atoms with van der Waals surface area (Å²) in [5, 5.41) is 0. The van der Waals surface area contributed by atoms with Crippen molar-refractivity contribution in [1.29, 1.82) is 0 Å². The molecule has 18 heavy (non-hydrogen) atoms. The number of halogens is 3. The Morgan fingerprint density at radius 2 is 1.78 bits per heavy atom. The van der Waals surface area contributed by atoms with Gasteiger partial charge in [-0.25, -0.2) is 8.78 Å². The van der Waals surface area contributed by atoms with Gasteiger partial charge < -0.3 is 4.90 Å². The summed E-state index contributed by atoms with van der Waals surface area (Å²) in [7, 11) is 0. The number of hydrogen-bond donors (Lipinski definition) is 0. The third kappa shape index (κ3) is 2.77. The summed E-state index contributed by atoms with van der Waals surface area (Å²) in [6.07, 6.45) is 3.16. The lowest BCUT2D eigenvalue weighted by Crippen LogP contribution is -2.34. The molecule has 0 amide bonds. The molecule has 1 aromatic rings. The van der Waals surface area contributed by atoms with Crippen molar-refractivity contribution in [1.82, 2.24) is 0 Å². The molecule has 0 saturated carbocycles. The van der Waals surface area contributed by atoms with Crippen LogP contribution in [-0.4, -0.2) is 13.1 Å². The van der Waals surface area contributed by atoms with Gasteiger partial charge in [-0.3, -0.25) is 0 Å². The van der Waals surface area contributed by atoms with Gasteiger partial charge in [0, 0.05) is 19.0 Å². The van der Waals surface area contributed by atoms with E-state index < -0.39 is 11.6 Å². The molecule has 0 spiro atoms. The third-order valence-corrected chi connectivity index (χ3v) is 4.05. The summed E-state index contributed by atoms with van der Waals surface area (Å²) in [5.41, 5.74) is 0.595. The Kier molecular flexibility index (Phi) is 4.44. The zero-order chi connectivity index (χ0) is 13.1. The summed E-state index contributed by atoms with van der Waals surface area (Å²) in [5.74, 6) is -0.179. The van der Waals surface area contributed by atoms with E-state index >= 15 is 0 Å². The predicted molar refractivity (Wildman–Crippen MR) is 71.1 cm³/mol. The van der Waals surface area contributed by atoms with Crippen LogP contribution in [-0.2, 0) is 5.88 Å². The Morgan fingerprint density at radius 3 is 2.22 bits per heavy atom. The zero-order valence-corrected chi connectivity index (χ0v) is 11.3. The average molecular weight is 274 g/mol. The van der Waals surface area contributed by atoms with Crippen LogP contribution in [0, 0.1) is 17.6 Å². The second-order valence-electron chi connectivity index (χ2n) is 4.88. The second-order valence-corrected chi connectivity index (χ2v) is 5.15. The summed E-state index contributed by atoms with van der Waals surface area (Å²) in [4.78, 5) is 1.81. The summed E-state index contributed by atoms with van der Waals surface area (Å²) in [6, 6.07) is 2.66. The normalized spacial score (nSPS) is 17.2. The summed E-state index contributed by atoms with van der Waals surface area (Å²) >= 11 is 5.60. The van der Waals surface area contributed by atoms with Crippen LogP contribution in [0.5, 0.6) is 0 Å². The average Bonchev–Trinajstić information content (AvgIpc) is 2.38. The van der Waals surface area contributed by atoms with Crippen LogP contribution in [0.15, 0.2) is 12.1 Å². The van der Waals surface area contributed by atoms with Crippen molar-refractivity contribution in [2.75, 3.05) is 18.0 Å². The zero-order valence-electron chi connectivity index (χ0n) is 10.6. The molecule has 0 unspecified atom stereocenters. The van der Waals surface area contributed by atoms with Crippen molar-refractivity contribution in [2.45, 2.75) is 32.1 Å². The van der Waals surface area contributed by atoms with Gasteiger partial charge in [0.2, 0.25) is 0 Å². The molecule has 1 fully saturated rings. The van der Waals surface area contributed by atoms with Crippen LogP contribution in [0.4, 0.5) is 14.5 Å². The van der Waals surface area contributed by atoms with E-state index in [0.29, 0.717) is 11.5 Å². The number of hydrogen-bond acceptors (Lipinski definition) is 1. The van der Waals surface area contributed by atoms with E-state index in [2.05, 4.69) is 6.92 Å². The van der Waals surface area contributed by atoms with Gasteiger partial charge in [0.05, 0.1) is 0 Å². The van der Waals surface area contributed by atoms with Crippen molar-refractivity contribution in [2.24, 2.45) is 5.92 Å². The Morgan fingerprint density at radius 1 is 1.22 bits per heavy atom. The Hall–Kier alpha value is -0.830. The van der Waals surface area contributed by atoms with Crippen molar-refractivity contribution in [3.05, 3.63) is 29.3 Å². The highest BCUT2D eigenvalue weighted by Gasteiger charge is 2.23. The molecule has 0 aromatic heterocycles. The molecule has 2 rings (SSSR count). The predicted octanol–water partition coefficient (Wildman–Crippen LogP) is 4.33. The highest BCUT2D eigenvalue weighted by atomic mass is 35.5. The fourth-order valence-electron chi connectivity index (χ4n) is 2.56. The largest absolute Gasteiger partial charge is 0.367 e. The third-order valence-electron chi connectivity index (χ3n) is 3.74. The lowest BCUT2D eigenvalue weighted by atomic mass is 9.94. The molecule has 1 aromatic carbocycles. The van der Waals surface area contributed by atoms with Crippen molar-refractivity contribution < 1.29 is 8.78 Å². The van der Waals surface area contributed by atoms with Crippen LogP contribution in [0.1, 0.15) is 31.7 Å². The van der Waals surface area contributed by atoms with E-state index in [-0.39, 0.29) is 11.6 Å². The van der Waals surface area contributed by atoms with Crippen molar-refractivity contribution in [3.8, 4) is 0 Å². The molecule has 0 atom stereocenters. The fraction of sp³-hybridized carbons (Fsp3) is 0.571. The van der Waals surface area contributed by atoms with E-state index in [1.165, 1.54) is 12.1 Å². The molecule has 1 saturated heterocycles. The van der Waals surface area contributed by atoms with E-state index in [1.54, 1.807) is 0 Å². The lowest BCUT2D eigenvalue weighted by molar-refractivity contribution is 0.389. The number of piperidine rings is 1. The molecular weight excluding hydrogens is 256 g/mol. The minimum Gasteiger partial charge on any atom is -0.367 e. The first-order valence-electron chi connectivity index (χ1n) is 6.44. The van der Waals surface area contributed by atoms with Gasteiger partial charge in [-0.05, 0) is 36.5 Å². The van der Waals surface area contributed by atoms with Gasteiger partial charge in [0.1, 0.15) is 17.3 Å². The maximum absolute atomic E-state index is 13.9. The fourth-order valence-corrected chi connectivity index (χ4v) is 2.72. The van der Waals surface area contributed by atoms with E-state index in [1.807, 2.05) is 4.90 Å². The molecule has 4 heteroatoms. The number of rotatable bonds is 3. The number of anilines is 1. The first kappa shape index (κ1) is 13.6. The van der Waals surface area contributed by atoms with E-state index in [9.17, 15) is 8.78 Å². The molecule has 1 aliphatic heterocycles. The first-order chi connectivity index (χ1) is 8.65. The van der Waals surface area contributed by atoms with Crippen LogP contribution < -0.4 is 4.90 Å². The van der Waals surface area contributed by atoms with Gasteiger partial charge in [-0.15, -0.1) is 11.6 Å². The second kappa shape index (κ2) is 5.87. The summed E-state index contributed by atoms with van der Waals surface area (Å²) < 4.78 is 27.8. The van der Waals surface area contributed by atoms with E-state index in [4.69, 9.17) is 11.6 Å². The minimum atomic E-state index is -0.499. The first-order valence-corrected chi connectivity index (χ1v) is 6.98. The monoisotopic (exact) mass is 273 g/mol. The SMILES string of the molecule is CCC1CCN(c2c(F)cc(CCl)cc2F)CC1. The van der Waals surface area contributed by atoms with Gasteiger partial charge in [-0.1, -0.05) is 13.3 Å². The smallest absolute Gasteiger partial charge is 0.149 e. The van der Waals surface area contributed by atoms with Gasteiger partial charge in [0.25, 0.3) is 0 Å². The van der Waals surface area contributed by atoms with Crippen LogP contribution in [0.3, 0.4) is 0 Å². The minimum absolute atomic E-state index is 0.110. The molecule has 1 aliphatic rings. The van der Waals surface area contributed by atoms with E-state index in [0.717, 1.165) is 32.4 Å². The van der Waals surface area contributed by atoms with Crippen LogP contribution in [0.2, 0.25) is 0 Å². The highest BCUT2D eigenvalue weighted by molar-refractivity contribution is 6.17. The van der Waals surface area contributed by atoms with Gasteiger partial charge in [0.15, 0.2) is 0 Å². The number of nitrogens with zero attached hydrogens (tertiary/aromatic N) is 1. The topological polar surface area (TPSA) is 3.24 Å². The highest BCUT2D eigenvalue weighted by Crippen LogP contribution is 2.30. The Balaban J connectivity index is 2.19. The van der Waals surface area contributed by atoms with Gasteiger partial charge in [-0.2, -0.15) is 0 Å². The molecule has 1 heterocycles.